The average molecular weight is 445 g/mol. The van der Waals surface area contributed by atoms with Crippen molar-refractivity contribution in [3.05, 3.63) is 84.7 Å². The molecule has 1 aromatic heterocycles. The van der Waals surface area contributed by atoms with Crippen molar-refractivity contribution in [2.24, 2.45) is 5.92 Å². The molecule has 1 atom stereocenters. The summed E-state index contributed by atoms with van der Waals surface area (Å²) in [6, 6.07) is 15.3. The molecule has 33 heavy (non-hydrogen) atoms. The fourth-order valence-electron chi connectivity index (χ4n) is 3.18. The smallest absolute Gasteiger partial charge is 0.344 e. The van der Waals surface area contributed by atoms with Crippen LogP contribution in [-0.2, 0) is 6.42 Å². The molecule has 0 spiro atoms. The molecule has 1 unspecified atom stereocenters. The van der Waals surface area contributed by atoms with Crippen LogP contribution in [0.5, 0.6) is 11.6 Å². The number of benzene rings is 2. The van der Waals surface area contributed by atoms with Gasteiger partial charge < -0.3 is 9.47 Å². The lowest BCUT2D eigenvalue weighted by atomic mass is 10.1. The topological polar surface area (TPSA) is 61.3 Å². The molecule has 0 aliphatic rings. The zero-order chi connectivity index (χ0) is 23.5. The van der Waals surface area contributed by atoms with Gasteiger partial charge in [0.1, 0.15) is 5.75 Å². The highest BCUT2D eigenvalue weighted by Gasteiger charge is 2.11. The van der Waals surface area contributed by atoms with Gasteiger partial charge in [-0.1, -0.05) is 38.5 Å². The third-order valence-electron chi connectivity index (χ3n) is 5.52. The predicted molar refractivity (Wildman–Crippen MR) is 132 cm³/mol. The first-order valence-electron chi connectivity index (χ1n) is 11.6. The number of unbranched alkanes of at least 4 members (excludes halogenated alkanes) is 2. The highest BCUT2D eigenvalue weighted by atomic mass is 16.5. The SMILES string of the molecule is C=CCCCCc1ccc(C(=O)Oc2cnc(-c3ccc(OCC(C)CC)cc3)cn2)cc1. The molecular formula is C28H32N2O3. The van der Waals surface area contributed by atoms with Crippen LogP contribution in [0.15, 0.2) is 73.6 Å². The molecule has 0 bridgehead atoms. The van der Waals surface area contributed by atoms with Crippen molar-refractivity contribution in [1.29, 1.82) is 0 Å². The number of allylic oxidation sites excluding steroid dienone is 1. The maximum absolute atomic E-state index is 12.4. The van der Waals surface area contributed by atoms with E-state index in [2.05, 4.69) is 30.4 Å². The summed E-state index contributed by atoms with van der Waals surface area (Å²) in [5, 5.41) is 0. The minimum Gasteiger partial charge on any atom is -0.493 e. The van der Waals surface area contributed by atoms with Crippen LogP contribution in [0.4, 0.5) is 0 Å². The lowest BCUT2D eigenvalue weighted by Crippen LogP contribution is -2.09. The molecule has 0 amide bonds. The van der Waals surface area contributed by atoms with Crippen molar-refractivity contribution in [1.82, 2.24) is 9.97 Å². The first kappa shape index (κ1) is 24.2. The normalized spacial score (nSPS) is 11.6. The van der Waals surface area contributed by atoms with Gasteiger partial charge in [0.05, 0.1) is 30.3 Å². The zero-order valence-corrected chi connectivity index (χ0v) is 19.5. The van der Waals surface area contributed by atoms with Crippen molar-refractivity contribution in [3.8, 4) is 22.9 Å². The first-order chi connectivity index (χ1) is 16.1. The van der Waals surface area contributed by atoms with Crippen LogP contribution in [0.3, 0.4) is 0 Å². The Morgan fingerprint density at radius 2 is 1.79 bits per heavy atom. The van der Waals surface area contributed by atoms with Gasteiger partial charge in [-0.05, 0) is 73.6 Å². The second-order valence-corrected chi connectivity index (χ2v) is 8.21. The third-order valence-corrected chi connectivity index (χ3v) is 5.52. The zero-order valence-electron chi connectivity index (χ0n) is 19.5. The van der Waals surface area contributed by atoms with E-state index in [0.29, 0.717) is 23.8 Å². The average Bonchev–Trinajstić information content (AvgIpc) is 2.86. The molecular weight excluding hydrogens is 412 g/mol. The first-order valence-corrected chi connectivity index (χ1v) is 11.6. The van der Waals surface area contributed by atoms with Crippen molar-refractivity contribution in [3.63, 3.8) is 0 Å². The number of hydrogen-bond acceptors (Lipinski definition) is 5. The maximum atomic E-state index is 12.4. The summed E-state index contributed by atoms with van der Waals surface area (Å²) in [5.41, 5.74) is 3.31. The van der Waals surface area contributed by atoms with Gasteiger partial charge in [-0.15, -0.1) is 6.58 Å². The van der Waals surface area contributed by atoms with Crippen LogP contribution in [0.25, 0.3) is 11.3 Å². The summed E-state index contributed by atoms with van der Waals surface area (Å²) >= 11 is 0. The van der Waals surface area contributed by atoms with Gasteiger partial charge in [-0.2, -0.15) is 0 Å². The van der Waals surface area contributed by atoms with E-state index >= 15 is 0 Å². The molecule has 3 rings (SSSR count). The number of carbonyl (C=O) groups excluding carboxylic acids is 1. The molecule has 0 aliphatic heterocycles. The van der Waals surface area contributed by atoms with E-state index in [4.69, 9.17) is 9.47 Å². The number of carbonyl (C=O) groups is 1. The molecule has 0 radical (unpaired) electrons. The molecule has 2 aromatic carbocycles. The van der Waals surface area contributed by atoms with Gasteiger partial charge in [0, 0.05) is 5.56 Å². The lowest BCUT2D eigenvalue weighted by molar-refractivity contribution is 0.0727. The number of hydrogen-bond donors (Lipinski definition) is 0. The Bertz CT molecular complexity index is 1010. The van der Waals surface area contributed by atoms with E-state index in [-0.39, 0.29) is 5.88 Å². The molecule has 0 aliphatic carbocycles. The molecule has 172 valence electrons. The number of aryl methyl sites for hydroxylation is 1. The van der Waals surface area contributed by atoms with Crippen molar-refractivity contribution in [2.45, 2.75) is 46.0 Å². The lowest BCUT2D eigenvalue weighted by Gasteiger charge is -2.11. The number of rotatable bonds is 12. The van der Waals surface area contributed by atoms with Crippen LogP contribution in [0.1, 0.15) is 55.5 Å². The van der Waals surface area contributed by atoms with Crippen molar-refractivity contribution in [2.75, 3.05) is 6.61 Å². The molecule has 5 nitrogen and oxygen atoms in total. The Morgan fingerprint density at radius 1 is 1.03 bits per heavy atom. The summed E-state index contributed by atoms with van der Waals surface area (Å²) in [5.74, 6) is 1.08. The third kappa shape index (κ3) is 7.56. The molecule has 0 saturated heterocycles. The standard InChI is InChI=1S/C28H32N2O3/c1-4-6-7-8-9-22-10-12-24(13-11-22)28(31)33-27-19-29-26(18-30-27)23-14-16-25(17-15-23)32-20-21(3)5-2/h4,10-19,21H,1,5-9,20H2,2-3H3. The van der Waals surface area contributed by atoms with Crippen LogP contribution in [0, 0.1) is 5.92 Å². The van der Waals surface area contributed by atoms with Crippen LogP contribution in [-0.4, -0.2) is 22.5 Å². The molecule has 3 aromatic rings. The van der Waals surface area contributed by atoms with E-state index < -0.39 is 5.97 Å². The summed E-state index contributed by atoms with van der Waals surface area (Å²) in [6.45, 7) is 8.76. The van der Waals surface area contributed by atoms with E-state index in [1.165, 1.54) is 11.8 Å². The Kier molecular flexibility index (Phi) is 9.19. The number of nitrogens with zero attached hydrogens (tertiary/aromatic N) is 2. The van der Waals surface area contributed by atoms with Gasteiger partial charge >= 0.3 is 5.97 Å². The van der Waals surface area contributed by atoms with Crippen molar-refractivity contribution >= 4 is 5.97 Å². The Morgan fingerprint density at radius 3 is 2.42 bits per heavy atom. The highest BCUT2D eigenvalue weighted by molar-refractivity contribution is 5.90. The minimum atomic E-state index is -0.446. The van der Waals surface area contributed by atoms with Gasteiger partial charge in [-0.3, -0.25) is 0 Å². The quantitative estimate of drug-likeness (QED) is 0.177. The summed E-state index contributed by atoms with van der Waals surface area (Å²) in [6.07, 6.45) is 10.3. The van der Waals surface area contributed by atoms with Crippen LogP contribution >= 0.6 is 0 Å². The van der Waals surface area contributed by atoms with Gasteiger partial charge in [0.2, 0.25) is 5.88 Å². The summed E-state index contributed by atoms with van der Waals surface area (Å²) in [7, 11) is 0. The maximum Gasteiger partial charge on any atom is 0.344 e. The van der Waals surface area contributed by atoms with E-state index in [9.17, 15) is 4.79 Å². The van der Waals surface area contributed by atoms with E-state index in [1.54, 1.807) is 18.3 Å². The number of esters is 1. The Labute approximate surface area is 196 Å². The second kappa shape index (κ2) is 12.5. The van der Waals surface area contributed by atoms with Gasteiger partial charge in [-0.25, -0.2) is 14.8 Å². The Balaban J connectivity index is 1.53. The molecule has 0 fully saturated rings. The van der Waals surface area contributed by atoms with Gasteiger partial charge in [0.25, 0.3) is 0 Å². The van der Waals surface area contributed by atoms with E-state index in [0.717, 1.165) is 43.4 Å². The van der Waals surface area contributed by atoms with E-state index in [1.807, 2.05) is 42.5 Å². The molecule has 1 heterocycles. The number of ether oxygens (including phenoxy) is 2. The monoisotopic (exact) mass is 444 g/mol. The summed E-state index contributed by atoms with van der Waals surface area (Å²) in [4.78, 5) is 21.1. The van der Waals surface area contributed by atoms with Crippen LogP contribution < -0.4 is 9.47 Å². The second-order valence-electron chi connectivity index (χ2n) is 8.21. The fourth-order valence-corrected chi connectivity index (χ4v) is 3.18. The fraction of sp³-hybridized carbons (Fsp3) is 0.321. The van der Waals surface area contributed by atoms with Crippen molar-refractivity contribution < 1.29 is 14.3 Å². The molecule has 0 N–H and O–H groups in total. The summed E-state index contributed by atoms with van der Waals surface area (Å²) < 4.78 is 11.2. The van der Waals surface area contributed by atoms with Crippen LogP contribution in [0.2, 0.25) is 0 Å². The predicted octanol–water partition coefficient (Wildman–Crippen LogP) is 6.69. The largest absolute Gasteiger partial charge is 0.493 e. The highest BCUT2D eigenvalue weighted by Crippen LogP contribution is 2.22. The van der Waals surface area contributed by atoms with Gasteiger partial charge in [0.15, 0.2) is 0 Å². The molecule has 0 saturated carbocycles. The minimum absolute atomic E-state index is 0.172. The number of aromatic nitrogens is 2. The molecule has 5 heteroatoms. The Hall–Kier alpha value is -3.47.